The van der Waals surface area contributed by atoms with Crippen LogP contribution in [0.15, 0.2) is 53.0 Å². The molecule has 1 atom stereocenters. The first-order valence-electron chi connectivity index (χ1n) is 7.92. The topological polar surface area (TPSA) is 40.6 Å². The highest BCUT2D eigenvalue weighted by Gasteiger charge is 2.35. The van der Waals surface area contributed by atoms with E-state index in [1.54, 1.807) is 28.9 Å². The molecule has 0 aliphatic carbocycles. The van der Waals surface area contributed by atoms with Gasteiger partial charge >= 0.3 is 0 Å². The van der Waals surface area contributed by atoms with Crippen molar-refractivity contribution in [3.05, 3.63) is 64.1 Å². The fourth-order valence-electron chi connectivity index (χ4n) is 2.99. The van der Waals surface area contributed by atoms with E-state index in [1.807, 2.05) is 43.3 Å². The summed E-state index contributed by atoms with van der Waals surface area (Å²) in [5, 5.41) is 0. The molecule has 0 aromatic heterocycles. The molecule has 1 aliphatic heterocycles. The molecule has 0 saturated carbocycles. The van der Waals surface area contributed by atoms with Crippen LogP contribution in [0.3, 0.4) is 0 Å². The predicted molar refractivity (Wildman–Crippen MR) is 98.2 cm³/mol. The first kappa shape index (κ1) is 16.7. The Balaban J connectivity index is 1.81. The second-order valence-corrected chi connectivity index (χ2v) is 6.93. The lowest BCUT2D eigenvalue weighted by Crippen LogP contribution is -2.57. The van der Waals surface area contributed by atoms with Gasteiger partial charge < -0.3 is 9.80 Å². The highest BCUT2D eigenvalue weighted by molar-refractivity contribution is 9.10. The van der Waals surface area contributed by atoms with Crippen LogP contribution in [-0.4, -0.2) is 35.8 Å². The van der Waals surface area contributed by atoms with Crippen LogP contribution >= 0.6 is 15.9 Å². The van der Waals surface area contributed by atoms with E-state index in [2.05, 4.69) is 15.9 Å². The van der Waals surface area contributed by atoms with Crippen molar-refractivity contribution in [3.63, 3.8) is 0 Å². The van der Waals surface area contributed by atoms with E-state index < -0.39 is 6.04 Å². The quantitative estimate of drug-likeness (QED) is 0.790. The van der Waals surface area contributed by atoms with Crippen LogP contribution in [0.25, 0.3) is 0 Å². The van der Waals surface area contributed by atoms with Gasteiger partial charge in [0.05, 0.1) is 0 Å². The molecule has 1 heterocycles. The van der Waals surface area contributed by atoms with Crippen LogP contribution in [0.5, 0.6) is 0 Å². The van der Waals surface area contributed by atoms with Gasteiger partial charge in [0.15, 0.2) is 0 Å². The molecule has 0 bridgehead atoms. The SMILES string of the molecule is Cc1cccc(N2CCN(C(=O)c3cccc(Br)c3)[C@@H](C)C2=O)c1. The molecule has 0 unspecified atom stereocenters. The third kappa shape index (κ3) is 3.22. The molecule has 3 rings (SSSR count). The van der Waals surface area contributed by atoms with E-state index in [4.69, 9.17) is 0 Å². The first-order chi connectivity index (χ1) is 11.5. The maximum Gasteiger partial charge on any atom is 0.254 e. The Kier molecular flexibility index (Phi) is 4.71. The number of aryl methyl sites for hydroxylation is 1. The van der Waals surface area contributed by atoms with Crippen molar-refractivity contribution in [1.29, 1.82) is 0 Å². The van der Waals surface area contributed by atoms with Gasteiger partial charge in [0.25, 0.3) is 5.91 Å². The summed E-state index contributed by atoms with van der Waals surface area (Å²) in [6.45, 7) is 4.82. The van der Waals surface area contributed by atoms with E-state index in [0.29, 0.717) is 18.7 Å². The van der Waals surface area contributed by atoms with Crippen molar-refractivity contribution >= 4 is 33.4 Å². The van der Waals surface area contributed by atoms with Crippen LogP contribution in [0.1, 0.15) is 22.8 Å². The fraction of sp³-hybridized carbons (Fsp3) is 0.263. The summed E-state index contributed by atoms with van der Waals surface area (Å²) >= 11 is 3.38. The van der Waals surface area contributed by atoms with E-state index in [9.17, 15) is 9.59 Å². The standard InChI is InChI=1S/C19H19BrN2O2/c1-13-5-3-8-17(11-13)22-10-9-21(14(2)18(22)23)19(24)15-6-4-7-16(20)12-15/h3-8,11-12,14H,9-10H2,1-2H3/t14-/m0/s1. The molecule has 2 aromatic carbocycles. The maximum atomic E-state index is 12.8. The summed E-state index contributed by atoms with van der Waals surface area (Å²) in [6, 6.07) is 14.7. The molecule has 24 heavy (non-hydrogen) atoms. The number of hydrogen-bond acceptors (Lipinski definition) is 2. The summed E-state index contributed by atoms with van der Waals surface area (Å²) < 4.78 is 0.853. The van der Waals surface area contributed by atoms with Gasteiger partial charge in [0.1, 0.15) is 6.04 Å². The molecular weight excluding hydrogens is 368 g/mol. The van der Waals surface area contributed by atoms with E-state index in [1.165, 1.54) is 0 Å². The van der Waals surface area contributed by atoms with Crippen LogP contribution < -0.4 is 4.90 Å². The van der Waals surface area contributed by atoms with Gasteiger partial charge in [0.2, 0.25) is 5.91 Å². The van der Waals surface area contributed by atoms with Crippen molar-refractivity contribution in [2.45, 2.75) is 19.9 Å². The highest BCUT2D eigenvalue weighted by Crippen LogP contribution is 2.23. The number of carbonyl (C=O) groups is 2. The van der Waals surface area contributed by atoms with Crippen LogP contribution in [0.4, 0.5) is 5.69 Å². The molecular formula is C19H19BrN2O2. The molecule has 2 amide bonds. The summed E-state index contributed by atoms with van der Waals surface area (Å²) in [7, 11) is 0. The third-order valence-corrected chi connectivity index (χ3v) is 4.79. The predicted octanol–water partition coefficient (Wildman–Crippen LogP) is 3.64. The Hall–Kier alpha value is -2.14. The average molecular weight is 387 g/mol. The number of carbonyl (C=O) groups excluding carboxylic acids is 2. The number of halogens is 1. The average Bonchev–Trinajstić information content (AvgIpc) is 2.56. The molecule has 1 aliphatic rings. The second-order valence-electron chi connectivity index (χ2n) is 6.01. The third-order valence-electron chi connectivity index (χ3n) is 4.30. The molecule has 5 heteroatoms. The second kappa shape index (κ2) is 6.77. The van der Waals surface area contributed by atoms with Crippen molar-refractivity contribution in [3.8, 4) is 0 Å². The lowest BCUT2D eigenvalue weighted by Gasteiger charge is -2.39. The lowest BCUT2D eigenvalue weighted by molar-refractivity contribution is -0.124. The number of anilines is 1. The summed E-state index contributed by atoms with van der Waals surface area (Å²) in [5.41, 5.74) is 2.59. The van der Waals surface area contributed by atoms with Gasteiger partial charge in [-0.05, 0) is 49.7 Å². The minimum Gasteiger partial charge on any atom is -0.325 e. The Morgan fingerprint density at radius 2 is 1.88 bits per heavy atom. The van der Waals surface area contributed by atoms with Gasteiger partial charge in [-0.25, -0.2) is 0 Å². The van der Waals surface area contributed by atoms with E-state index in [0.717, 1.165) is 15.7 Å². The van der Waals surface area contributed by atoms with Gasteiger partial charge in [-0.2, -0.15) is 0 Å². The van der Waals surface area contributed by atoms with Crippen LogP contribution in [0.2, 0.25) is 0 Å². The zero-order valence-electron chi connectivity index (χ0n) is 13.7. The minimum absolute atomic E-state index is 0.0461. The fourth-order valence-corrected chi connectivity index (χ4v) is 3.39. The molecule has 124 valence electrons. The molecule has 1 fully saturated rings. The first-order valence-corrected chi connectivity index (χ1v) is 8.71. The summed E-state index contributed by atoms with van der Waals surface area (Å²) in [6.07, 6.45) is 0. The zero-order chi connectivity index (χ0) is 17.3. The lowest BCUT2D eigenvalue weighted by atomic mass is 10.1. The number of benzene rings is 2. The number of amides is 2. The van der Waals surface area contributed by atoms with Gasteiger partial charge in [0, 0.05) is 28.8 Å². The largest absolute Gasteiger partial charge is 0.325 e. The Labute approximate surface area is 150 Å². The number of piperazine rings is 1. The van der Waals surface area contributed by atoms with E-state index >= 15 is 0 Å². The summed E-state index contributed by atoms with van der Waals surface area (Å²) in [5.74, 6) is -0.156. The molecule has 0 N–H and O–H groups in total. The van der Waals surface area contributed by atoms with Gasteiger partial charge in [-0.3, -0.25) is 9.59 Å². The van der Waals surface area contributed by atoms with Gasteiger partial charge in [-0.1, -0.05) is 34.1 Å². The molecule has 2 aromatic rings. The van der Waals surface area contributed by atoms with Gasteiger partial charge in [-0.15, -0.1) is 0 Å². The summed E-state index contributed by atoms with van der Waals surface area (Å²) in [4.78, 5) is 28.9. The molecule has 0 spiro atoms. The van der Waals surface area contributed by atoms with E-state index in [-0.39, 0.29) is 11.8 Å². The molecule has 0 radical (unpaired) electrons. The normalized spacial score (nSPS) is 18.0. The maximum absolute atomic E-state index is 12.8. The van der Waals surface area contributed by atoms with Crippen molar-refractivity contribution in [1.82, 2.24) is 4.90 Å². The Morgan fingerprint density at radius 1 is 1.12 bits per heavy atom. The Morgan fingerprint density at radius 3 is 2.58 bits per heavy atom. The molecule has 1 saturated heterocycles. The molecule has 4 nitrogen and oxygen atoms in total. The van der Waals surface area contributed by atoms with Crippen LogP contribution in [-0.2, 0) is 4.79 Å². The van der Waals surface area contributed by atoms with Crippen LogP contribution in [0, 0.1) is 6.92 Å². The monoisotopic (exact) mass is 386 g/mol. The smallest absolute Gasteiger partial charge is 0.254 e. The minimum atomic E-state index is -0.481. The zero-order valence-corrected chi connectivity index (χ0v) is 15.3. The Bertz CT molecular complexity index is 790. The number of nitrogens with zero attached hydrogens (tertiary/aromatic N) is 2. The number of rotatable bonds is 2. The van der Waals surface area contributed by atoms with Crippen molar-refractivity contribution < 1.29 is 9.59 Å². The highest BCUT2D eigenvalue weighted by atomic mass is 79.9. The van der Waals surface area contributed by atoms with Crippen molar-refractivity contribution in [2.75, 3.05) is 18.0 Å². The van der Waals surface area contributed by atoms with Crippen molar-refractivity contribution in [2.24, 2.45) is 0 Å². The number of hydrogen-bond donors (Lipinski definition) is 0.